The van der Waals surface area contributed by atoms with E-state index in [1.54, 1.807) is 12.1 Å². The molecule has 0 aliphatic heterocycles. The van der Waals surface area contributed by atoms with Gasteiger partial charge in [-0.05, 0) is 43.3 Å². The molecule has 7 heteroatoms. The van der Waals surface area contributed by atoms with Crippen molar-refractivity contribution in [3.63, 3.8) is 0 Å². The van der Waals surface area contributed by atoms with Crippen LogP contribution in [-0.2, 0) is 0 Å². The lowest BCUT2D eigenvalue weighted by atomic mass is 10.1. The van der Waals surface area contributed by atoms with Crippen LogP contribution in [0.4, 0.5) is 17.2 Å². The monoisotopic (exact) mass is 357 g/mol. The predicted octanol–water partition coefficient (Wildman–Crippen LogP) is 5.63. The molecule has 2 aromatic heterocycles. The first-order valence-electron chi connectivity index (χ1n) is 8.32. The van der Waals surface area contributed by atoms with Gasteiger partial charge in [0, 0.05) is 23.9 Å². The maximum Gasteiger partial charge on any atom is 0.269 e. The van der Waals surface area contributed by atoms with Gasteiger partial charge in [-0.3, -0.25) is 14.5 Å². The smallest absolute Gasteiger partial charge is 0.269 e. The van der Waals surface area contributed by atoms with Crippen LogP contribution in [0.1, 0.15) is 5.56 Å². The van der Waals surface area contributed by atoms with E-state index >= 15 is 0 Å². The zero-order valence-corrected chi connectivity index (χ0v) is 14.5. The Bertz CT molecular complexity index is 1150. The third-order valence-electron chi connectivity index (χ3n) is 4.15. The minimum absolute atomic E-state index is 0.0327. The van der Waals surface area contributed by atoms with Crippen molar-refractivity contribution < 1.29 is 4.92 Å². The van der Waals surface area contributed by atoms with Crippen LogP contribution in [0.3, 0.4) is 0 Å². The summed E-state index contributed by atoms with van der Waals surface area (Å²) >= 11 is 0. The first-order valence-corrected chi connectivity index (χ1v) is 8.32. The van der Waals surface area contributed by atoms with E-state index in [1.807, 2.05) is 60.0 Å². The van der Waals surface area contributed by atoms with Crippen LogP contribution >= 0.6 is 0 Å². The molecule has 4 rings (SSSR count). The van der Waals surface area contributed by atoms with Crippen molar-refractivity contribution in [1.29, 1.82) is 0 Å². The zero-order valence-electron chi connectivity index (χ0n) is 14.5. The molecule has 27 heavy (non-hydrogen) atoms. The standard InChI is InChI=1S/C20H15N5O2/c1-14-5-9-16(10-6-14)22-23-20-19(21-18-4-2-3-13-24(18)20)15-7-11-17(12-8-15)25(26)27/h2-13H,1H3. The van der Waals surface area contributed by atoms with Crippen LogP contribution < -0.4 is 0 Å². The maximum atomic E-state index is 10.9. The highest BCUT2D eigenvalue weighted by Gasteiger charge is 2.15. The summed E-state index contributed by atoms with van der Waals surface area (Å²) in [6, 6.07) is 19.7. The summed E-state index contributed by atoms with van der Waals surface area (Å²) in [6.45, 7) is 2.01. The second-order valence-electron chi connectivity index (χ2n) is 6.05. The number of aryl methyl sites for hydroxylation is 1. The average molecular weight is 357 g/mol. The largest absolute Gasteiger partial charge is 0.283 e. The Morgan fingerprint density at radius 2 is 1.70 bits per heavy atom. The van der Waals surface area contributed by atoms with E-state index in [1.165, 1.54) is 12.1 Å². The Labute approximate surface area is 154 Å². The van der Waals surface area contributed by atoms with E-state index in [0.717, 1.165) is 22.5 Å². The van der Waals surface area contributed by atoms with Gasteiger partial charge >= 0.3 is 0 Å². The Hall–Kier alpha value is -3.87. The highest BCUT2D eigenvalue weighted by Crippen LogP contribution is 2.33. The summed E-state index contributed by atoms with van der Waals surface area (Å²) in [5, 5.41) is 19.6. The molecule has 0 aliphatic carbocycles. The Balaban J connectivity index is 1.81. The molecule has 0 saturated heterocycles. The van der Waals surface area contributed by atoms with Crippen molar-refractivity contribution in [2.75, 3.05) is 0 Å². The lowest BCUT2D eigenvalue weighted by Gasteiger charge is -2.00. The fourth-order valence-electron chi connectivity index (χ4n) is 2.73. The van der Waals surface area contributed by atoms with Crippen LogP contribution in [0.25, 0.3) is 16.9 Å². The van der Waals surface area contributed by atoms with Crippen molar-refractivity contribution in [3.8, 4) is 11.3 Å². The van der Waals surface area contributed by atoms with Gasteiger partial charge < -0.3 is 0 Å². The van der Waals surface area contributed by atoms with E-state index in [2.05, 4.69) is 15.2 Å². The summed E-state index contributed by atoms with van der Waals surface area (Å²) in [5.41, 5.74) is 4.00. The quantitative estimate of drug-likeness (QED) is 0.269. The molecule has 0 N–H and O–H groups in total. The molecule has 7 nitrogen and oxygen atoms in total. The van der Waals surface area contributed by atoms with Crippen molar-refractivity contribution in [2.24, 2.45) is 10.2 Å². The average Bonchev–Trinajstić information content (AvgIpc) is 3.06. The molecule has 0 amide bonds. The van der Waals surface area contributed by atoms with Crippen molar-refractivity contribution in [2.45, 2.75) is 6.92 Å². The molecule has 2 aromatic carbocycles. The second kappa shape index (κ2) is 6.80. The number of nitrogens with zero attached hydrogens (tertiary/aromatic N) is 5. The van der Waals surface area contributed by atoms with Crippen LogP contribution in [0.5, 0.6) is 0 Å². The van der Waals surface area contributed by atoms with Gasteiger partial charge in [-0.2, -0.15) is 0 Å². The van der Waals surface area contributed by atoms with Gasteiger partial charge in [0.2, 0.25) is 0 Å². The molecule has 0 unspecified atom stereocenters. The number of hydrogen-bond donors (Lipinski definition) is 0. The maximum absolute atomic E-state index is 10.9. The molecule has 0 bridgehead atoms. The van der Waals surface area contributed by atoms with Crippen LogP contribution in [0, 0.1) is 17.0 Å². The van der Waals surface area contributed by atoms with E-state index < -0.39 is 4.92 Å². The molecule has 2 heterocycles. The Kier molecular flexibility index (Phi) is 4.18. The molecule has 0 aliphatic rings. The number of azo groups is 1. The molecule has 0 fully saturated rings. The van der Waals surface area contributed by atoms with Gasteiger partial charge in [-0.1, -0.05) is 23.8 Å². The number of pyridine rings is 1. The zero-order chi connectivity index (χ0) is 18.8. The molecular formula is C20H15N5O2. The molecule has 0 saturated carbocycles. The van der Waals surface area contributed by atoms with Gasteiger partial charge in [-0.25, -0.2) is 4.98 Å². The van der Waals surface area contributed by atoms with E-state index in [-0.39, 0.29) is 5.69 Å². The summed E-state index contributed by atoms with van der Waals surface area (Å²) in [5.74, 6) is 0.569. The number of non-ortho nitro benzene ring substituents is 1. The van der Waals surface area contributed by atoms with Crippen molar-refractivity contribution in [3.05, 3.63) is 88.6 Å². The van der Waals surface area contributed by atoms with E-state index in [9.17, 15) is 10.1 Å². The Morgan fingerprint density at radius 1 is 0.963 bits per heavy atom. The number of nitro benzene ring substituents is 1. The van der Waals surface area contributed by atoms with Crippen LogP contribution in [0.15, 0.2) is 83.2 Å². The molecule has 0 radical (unpaired) electrons. The SMILES string of the molecule is Cc1ccc(N=Nc2c(-c3ccc([N+](=O)[O-])cc3)nc3ccccn23)cc1. The van der Waals surface area contributed by atoms with Gasteiger partial charge in [0.1, 0.15) is 11.3 Å². The molecule has 0 spiro atoms. The number of rotatable bonds is 4. The van der Waals surface area contributed by atoms with Gasteiger partial charge in [0.05, 0.1) is 10.6 Å². The topological polar surface area (TPSA) is 85.2 Å². The fraction of sp³-hybridized carbons (Fsp3) is 0.0500. The van der Waals surface area contributed by atoms with Gasteiger partial charge in [0.25, 0.3) is 5.69 Å². The van der Waals surface area contributed by atoms with Gasteiger partial charge in [-0.15, -0.1) is 10.2 Å². The lowest BCUT2D eigenvalue weighted by molar-refractivity contribution is -0.384. The highest BCUT2D eigenvalue weighted by atomic mass is 16.6. The first-order chi connectivity index (χ1) is 13.1. The number of nitro groups is 1. The molecular weight excluding hydrogens is 342 g/mol. The summed E-state index contributed by atoms with van der Waals surface area (Å²) in [7, 11) is 0. The number of hydrogen-bond acceptors (Lipinski definition) is 5. The lowest BCUT2D eigenvalue weighted by Crippen LogP contribution is -1.87. The molecule has 132 valence electrons. The van der Waals surface area contributed by atoms with Gasteiger partial charge in [0.15, 0.2) is 5.82 Å². The Morgan fingerprint density at radius 3 is 2.41 bits per heavy atom. The predicted molar refractivity (Wildman–Crippen MR) is 103 cm³/mol. The highest BCUT2D eigenvalue weighted by molar-refractivity contribution is 5.75. The third-order valence-corrected chi connectivity index (χ3v) is 4.15. The number of fused-ring (bicyclic) bond motifs is 1. The van der Waals surface area contributed by atoms with E-state index in [4.69, 9.17) is 0 Å². The summed E-state index contributed by atoms with van der Waals surface area (Å²) < 4.78 is 1.84. The number of aromatic nitrogens is 2. The minimum atomic E-state index is -0.425. The number of benzene rings is 2. The molecule has 4 aromatic rings. The fourth-order valence-corrected chi connectivity index (χ4v) is 2.73. The first kappa shape index (κ1) is 16.6. The third kappa shape index (κ3) is 3.30. The minimum Gasteiger partial charge on any atom is -0.283 e. The van der Waals surface area contributed by atoms with Crippen LogP contribution in [0.2, 0.25) is 0 Å². The molecule has 0 atom stereocenters. The van der Waals surface area contributed by atoms with Crippen molar-refractivity contribution >= 4 is 22.8 Å². The normalized spacial score (nSPS) is 11.3. The van der Waals surface area contributed by atoms with E-state index in [0.29, 0.717) is 11.5 Å². The van der Waals surface area contributed by atoms with Crippen molar-refractivity contribution in [1.82, 2.24) is 9.38 Å². The van der Waals surface area contributed by atoms with Crippen LogP contribution in [-0.4, -0.2) is 14.3 Å². The second-order valence-corrected chi connectivity index (χ2v) is 6.05. The summed E-state index contributed by atoms with van der Waals surface area (Å²) in [4.78, 5) is 15.1. The summed E-state index contributed by atoms with van der Waals surface area (Å²) in [6.07, 6.45) is 1.86. The number of imidazole rings is 1.